The van der Waals surface area contributed by atoms with E-state index in [1.807, 2.05) is 4.90 Å². The Bertz CT molecular complexity index is 342. The number of carbonyl (C=O) groups excluding carboxylic acids is 1. The molecule has 1 saturated heterocycles. The van der Waals surface area contributed by atoms with Gasteiger partial charge in [0, 0.05) is 12.1 Å². The number of likely N-dealkylation sites (tertiary alicyclic amines) is 1. The number of hydrogen-bond donors (Lipinski definition) is 0. The summed E-state index contributed by atoms with van der Waals surface area (Å²) in [5.41, 5.74) is -0.695. The summed E-state index contributed by atoms with van der Waals surface area (Å²) in [6, 6.07) is 2.89. The number of rotatable bonds is 1. The summed E-state index contributed by atoms with van der Waals surface area (Å²) in [6.45, 7) is 6.34. The molecule has 0 spiro atoms. The molecule has 0 aromatic rings. The molecule has 1 saturated carbocycles. The van der Waals surface area contributed by atoms with Gasteiger partial charge in [0.2, 0.25) is 5.91 Å². The number of amides is 1. The first-order valence-corrected chi connectivity index (χ1v) is 6.74. The second kappa shape index (κ2) is 4.33. The summed E-state index contributed by atoms with van der Waals surface area (Å²) in [6.07, 6.45) is 4.85. The molecule has 0 unspecified atom stereocenters. The molecule has 1 amide bonds. The van der Waals surface area contributed by atoms with Crippen LogP contribution in [0.15, 0.2) is 0 Å². The fourth-order valence-corrected chi connectivity index (χ4v) is 3.51. The Hall–Kier alpha value is -1.04. The molecule has 0 N–H and O–H groups in total. The van der Waals surface area contributed by atoms with Gasteiger partial charge >= 0.3 is 0 Å². The van der Waals surface area contributed by atoms with E-state index >= 15 is 0 Å². The standard InChI is InChI=1S/C14H22N2O/c1-10-7-14(8-10,9-15)13(17)16-11(2)5-4-6-12(16)3/h10-12H,4-8H2,1-3H3/t10?,11-,12+,14?. The fraction of sp³-hybridized carbons (Fsp3) is 0.857. The minimum absolute atomic E-state index is 0.0952. The van der Waals surface area contributed by atoms with Crippen molar-refractivity contribution in [2.75, 3.05) is 0 Å². The molecule has 1 aliphatic carbocycles. The second-order valence-electron chi connectivity index (χ2n) is 6.05. The zero-order chi connectivity index (χ0) is 12.6. The van der Waals surface area contributed by atoms with E-state index in [2.05, 4.69) is 26.8 Å². The van der Waals surface area contributed by atoms with Gasteiger partial charge in [0.1, 0.15) is 5.41 Å². The van der Waals surface area contributed by atoms with E-state index in [1.54, 1.807) is 0 Å². The largest absolute Gasteiger partial charge is 0.336 e. The van der Waals surface area contributed by atoms with Gasteiger partial charge in [-0.1, -0.05) is 6.92 Å². The van der Waals surface area contributed by atoms with Crippen LogP contribution < -0.4 is 0 Å². The lowest BCUT2D eigenvalue weighted by molar-refractivity contribution is -0.151. The lowest BCUT2D eigenvalue weighted by Crippen LogP contribution is -2.56. The SMILES string of the molecule is CC1CC(C#N)(C(=O)N2[C@H](C)CCC[C@@H]2C)C1. The van der Waals surface area contributed by atoms with Crippen molar-refractivity contribution in [1.82, 2.24) is 4.90 Å². The van der Waals surface area contributed by atoms with E-state index in [0.29, 0.717) is 18.0 Å². The maximum absolute atomic E-state index is 12.6. The highest BCUT2D eigenvalue weighted by molar-refractivity contribution is 5.87. The fourth-order valence-electron chi connectivity index (χ4n) is 3.51. The summed E-state index contributed by atoms with van der Waals surface area (Å²) >= 11 is 0. The van der Waals surface area contributed by atoms with Crippen LogP contribution in [0.2, 0.25) is 0 Å². The van der Waals surface area contributed by atoms with E-state index in [-0.39, 0.29) is 5.91 Å². The molecule has 94 valence electrons. The van der Waals surface area contributed by atoms with Crippen LogP contribution in [0.4, 0.5) is 0 Å². The van der Waals surface area contributed by atoms with Crippen molar-refractivity contribution in [2.24, 2.45) is 11.3 Å². The van der Waals surface area contributed by atoms with E-state index in [4.69, 9.17) is 0 Å². The smallest absolute Gasteiger partial charge is 0.243 e. The van der Waals surface area contributed by atoms with Crippen LogP contribution in [0.1, 0.15) is 52.9 Å². The van der Waals surface area contributed by atoms with Crippen LogP contribution in [0.25, 0.3) is 0 Å². The molecular weight excluding hydrogens is 212 g/mol. The average Bonchev–Trinajstić information content (AvgIpc) is 2.24. The van der Waals surface area contributed by atoms with Gasteiger partial charge < -0.3 is 4.90 Å². The van der Waals surface area contributed by atoms with Gasteiger partial charge in [-0.05, 0) is 51.9 Å². The average molecular weight is 234 g/mol. The molecule has 1 heterocycles. The lowest BCUT2D eigenvalue weighted by Gasteiger charge is -2.47. The predicted molar refractivity (Wildman–Crippen MR) is 66.1 cm³/mol. The monoisotopic (exact) mass is 234 g/mol. The summed E-state index contributed by atoms with van der Waals surface area (Å²) in [5.74, 6) is 0.617. The molecule has 3 nitrogen and oxygen atoms in total. The van der Waals surface area contributed by atoms with Gasteiger partial charge in [-0.3, -0.25) is 4.79 Å². The van der Waals surface area contributed by atoms with Gasteiger partial charge in [0.25, 0.3) is 0 Å². The summed E-state index contributed by atoms with van der Waals surface area (Å²) in [7, 11) is 0. The zero-order valence-electron chi connectivity index (χ0n) is 11.1. The number of piperidine rings is 1. The summed E-state index contributed by atoms with van der Waals surface area (Å²) < 4.78 is 0. The topological polar surface area (TPSA) is 44.1 Å². The molecule has 1 aliphatic heterocycles. The number of nitrogens with zero attached hydrogens (tertiary/aromatic N) is 2. The predicted octanol–water partition coefficient (Wildman–Crippen LogP) is 2.72. The van der Waals surface area contributed by atoms with E-state index < -0.39 is 5.41 Å². The minimum atomic E-state index is -0.695. The van der Waals surface area contributed by atoms with Crippen molar-refractivity contribution in [3.63, 3.8) is 0 Å². The van der Waals surface area contributed by atoms with Crippen molar-refractivity contribution in [3.8, 4) is 6.07 Å². The van der Waals surface area contributed by atoms with E-state index in [1.165, 1.54) is 6.42 Å². The third-order valence-electron chi connectivity index (χ3n) is 4.45. The highest BCUT2D eigenvalue weighted by Crippen LogP contribution is 2.47. The second-order valence-corrected chi connectivity index (χ2v) is 6.05. The minimum Gasteiger partial charge on any atom is -0.336 e. The molecule has 2 aliphatic rings. The molecule has 0 aromatic heterocycles. The molecule has 2 rings (SSSR count). The molecule has 3 heteroatoms. The van der Waals surface area contributed by atoms with E-state index in [0.717, 1.165) is 25.7 Å². The van der Waals surface area contributed by atoms with Gasteiger partial charge in [0.15, 0.2) is 0 Å². The molecule has 2 atom stereocenters. The van der Waals surface area contributed by atoms with Gasteiger partial charge in [-0.25, -0.2) is 0 Å². The first-order chi connectivity index (χ1) is 8.00. The lowest BCUT2D eigenvalue weighted by atomic mass is 9.62. The molecule has 17 heavy (non-hydrogen) atoms. The molecule has 0 bridgehead atoms. The number of nitriles is 1. The zero-order valence-corrected chi connectivity index (χ0v) is 11.1. The van der Waals surface area contributed by atoms with Crippen LogP contribution in [0.3, 0.4) is 0 Å². The third-order valence-corrected chi connectivity index (χ3v) is 4.45. The quantitative estimate of drug-likeness (QED) is 0.700. The Morgan fingerprint density at radius 3 is 2.18 bits per heavy atom. The van der Waals surface area contributed by atoms with Crippen LogP contribution >= 0.6 is 0 Å². The molecule has 0 aromatic carbocycles. The van der Waals surface area contributed by atoms with Crippen molar-refractivity contribution in [3.05, 3.63) is 0 Å². The summed E-state index contributed by atoms with van der Waals surface area (Å²) in [5, 5.41) is 9.33. The normalized spacial score (nSPS) is 41.5. The highest BCUT2D eigenvalue weighted by Gasteiger charge is 2.52. The van der Waals surface area contributed by atoms with Crippen molar-refractivity contribution in [1.29, 1.82) is 5.26 Å². The first-order valence-electron chi connectivity index (χ1n) is 6.74. The van der Waals surface area contributed by atoms with Crippen molar-refractivity contribution < 1.29 is 4.79 Å². The molecular formula is C14H22N2O. The molecule has 0 radical (unpaired) electrons. The Morgan fingerprint density at radius 2 is 1.76 bits per heavy atom. The maximum atomic E-state index is 12.6. The first kappa shape index (κ1) is 12.4. The van der Waals surface area contributed by atoms with Gasteiger partial charge in [0.05, 0.1) is 6.07 Å². The Balaban J connectivity index is 2.16. The van der Waals surface area contributed by atoms with Crippen LogP contribution in [0, 0.1) is 22.7 Å². The summed E-state index contributed by atoms with van der Waals surface area (Å²) in [4.78, 5) is 14.6. The highest BCUT2D eigenvalue weighted by atomic mass is 16.2. The van der Waals surface area contributed by atoms with Crippen molar-refractivity contribution >= 4 is 5.91 Å². The maximum Gasteiger partial charge on any atom is 0.243 e. The van der Waals surface area contributed by atoms with Crippen LogP contribution in [-0.4, -0.2) is 22.9 Å². The third kappa shape index (κ3) is 1.94. The molecule has 2 fully saturated rings. The Labute approximate surface area is 104 Å². The van der Waals surface area contributed by atoms with Gasteiger partial charge in [-0.15, -0.1) is 0 Å². The van der Waals surface area contributed by atoms with Crippen LogP contribution in [-0.2, 0) is 4.79 Å². The number of carbonyl (C=O) groups is 1. The van der Waals surface area contributed by atoms with Gasteiger partial charge in [-0.2, -0.15) is 5.26 Å². The van der Waals surface area contributed by atoms with E-state index in [9.17, 15) is 10.1 Å². The van der Waals surface area contributed by atoms with Crippen molar-refractivity contribution in [2.45, 2.75) is 65.0 Å². The number of hydrogen-bond acceptors (Lipinski definition) is 2. The Morgan fingerprint density at radius 1 is 1.24 bits per heavy atom. The Kier molecular flexibility index (Phi) is 3.16. The van der Waals surface area contributed by atoms with Crippen LogP contribution in [0.5, 0.6) is 0 Å².